The molecule has 1 aromatic carbocycles. The first kappa shape index (κ1) is 15.3. The maximum atomic E-state index is 12.7. The van der Waals surface area contributed by atoms with Crippen LogP contribution in [-0.2, 0) is 6.18 Å². The standard InChI is InChI=1S/C15H15F3N2O/c1-2-21-13-7-11(8-20-9-13)14(19)10-4-3-5-12(6-10)15(16,17)18/h3-9,14H,2,19H2,1H3. The monoisotopic (exact) mass is 296 g/mol. The second-order valence-electron chi connectivity index (χ2n) is 4.49. The van der Waals surface area contributed by atoms with Crippen LogP contribution in [0.5, 0.6) is 5.75 Å². The largest absolute Gasteiger partial charge is 0.492 e. The topological polar surface area (TPSA) is 48.1 Å². The molecule has 2 aromatic rings. The molecule has 6 heteroatoms. The van der Waals surface area contributed by atoms with Crippen molar-refractivity contribution in [1.82, 2.24) is 4.98 Å². The van der Waals surface area contributed by atoms with E-state index in [-0.39, 0.29) is 0 Å². The Bertz CT molecular complexity index is 614. The number of nitrogens with zero attached hydrogens (tertiary/aromatic N) is 1. The summed E-state index contributed by atoms with van der Waals surface area (Å²) >= 11 is 0. The van der Waals surface area contributed by atoms with Crippen molar-refractivity contribution in [1.29, 1.82) is 0 Å². The van der Waals surface area contributed by atoms with E-state index in [0.717, 1.165) is 12.1 Å². The predicted octanol–water partition coefficient (Wildman–Crippen LogP) is 3.55. The van der Waals surface area contributed by atoms with Crippen LogP contribution in [0, 0.1) is 0 Å². The van der Waals surface area contributed by atoms with Crippen LogP contribution < -0.4 is 10.5 Å². The van der Waals surface area contributed by atoms with Crippen LogP contribution in [0.25, 0.3) is 0 Å². The summed E-state index contributed by atoms with van der Waals surface area (Å²) < 4.78 is 43.5. The van der Waals surface area contributed by atoms with Gasteiger partial charge in [-0.1, -0.05) is 12.1 Å². The van der Waals surface area contributed by atoms with Crippen LogP contribution in [0.3, 0.4) is 0 Å². The minimum Gasteiger partial charge on any atom is -0.492 e. The van der Waals surface area contributed by atoms with Gasteiger partial charge in [0, 0.05) is 6.20 Å². The van der Waals surface area contributed by atoms with Crippen LogP contribution in [0.1, 0.15) is 29.7 Å². The lowest BCUT2D eigenvalue weighted by molar-refractivity contribution is -0.137. The van der Waals surface area contributed by atoms with Crippen molar-refractivity contribution in [3.8, 4) is 5.75 Å². The van der Waals surface area contributed by atoms with Crippen LogP contribution in [0.2, 0.25) is 0 Å². The number of aromatic nitrogens is 1. The minimum absolute atomic E-state index is 0.375. The van der Waals surface area contributed by atoms with Gasteiger partial charge in [0.25, 0.3) is 0 Å². The molecule has 1 aromatic heterocycles. The van der Waals surface area contributed by atoms with E-state index in [2.05, 4.69) is 4.98 Å². The molecule has 0 aliphatic heterocycles. The zero-order chi connectivity index (χ0) is 15.5. The highest BCUT2D eigenvalue weighted by molar-refractivity contribution is 5.36. The normalized spacial score (nSPS) is 13.0. The molecule has 0 fully saturated rings. The van der Waals surface area contributed by atoms with Gasteiger partial charge in [-0.25, -0.2) is 0 Å². The number of alkyl halides is 3. The second-order valence-corrected chi connectivity index (χ2v) is 4.49. The Morgan fingerprint density at radius 3 is 2.62 bits per heavy atom. The molecule has 0 spiro atoms. The average Bonchev–Trinajstić information content (AvgIpc) is 2.46. The first-order valence-corrected chi connectivity index (χ1v) is 6.42. The van der Waals surface area contributed by atoms with Crippen LogP contribution in [0.4, 0.5) is 13.2 Å². The van der Waals surface area contributed by atoms with Crippen molar-refractivity contribution in [3.63, 3.8) is 0 Å². The van der Waals surface area contributed by atoms with Crippen molar-refractivity contribution in [2.45, 2.75) is 19.1 Å². The Morgan fingerprint density at radius 1 is 1.19 bits per heavy atom. The van der Waals surface area contributed by atoms with E-state index in [1.165, 1.54) is 18.5 Å². The highest BCUT2D eigenvalue weighted by atomic mass is 19.4. The molecular weight excluding hydrogens is 281 g/mol. The summed E-state index contributed by atoms with van der Waals surface area (Å²) in [5, 5.41) is 0. The number of halogens is 3. The van der Waals surface area contributed by atoms with E-state index >= 15 is 0 Å². The number of nitrogens with two attached hydrogens (primary N) is 1. The number of rotatable bonds is 4. The summed E-state index contributed by atoms with van der Waals surface area (Å²) in [4.78, 5) is 3.99. The Morgan fingerprint density at radius 2 is 1.95 bits per heavy atom. The fourth-order valence-electron chi connectivity index (χ4n) is 1.95. The summed E-state index contributed by atoms with van der Waals surface area (Å²) in [5.74, 6) is 0.539. The Labute approximate surface area is 120 Å². The van der Waals surface area contributed by atoms with Crippen molar-refractivity contribution in [2.24, 2.45) is 5.73 Å². The van der Waals surface area contributed by atoms with Gasteiger partial charge in [-0.3, -0.25) is 4.98 Å². The summed E-state index contributed by atoms with van der Waals surface area (Å²) in [5.41, 5.74) is 6.29. The van der Waals surface area contributed by atoms with E-state index in [1.807, 2.05) is 6.92 Å². The van der Waals surface area contributed by atoms with Crippen LogP contribution >= 0.6 is 0 Å². The number of pyridine rings is 1. The van der Waals surface area contributed by atoms with Crippen molar-refractivity contribution in [2.75, 3.05) is 6.61 Å². The van der Waals surface area contributed by atoms with E-state index in [0.29, 0.717) is 23.5 Å². The van der Waals surface area contributed by atoms with Gasteiger partial charge >= 0.3 is 6.18 Å². The second kappa shape index (κ2) is 6.13. The maximum absolute atomic E-state index is 12.7. The van der Waals surface area contributed by atoms with Gasteiger partial charge in [0.15, 0.2) is 0 Å². The number of ether oxygens (including phenoxy) is 1. The summed E-state index contributed by atoms with van der Waals surface area (Å²) in [6, 6.07) is 5.97. The quantitative estimate of drug-likeness (QED) is 0.938. The molecular formula is C15H15F3N2O. The fraction of sp³-hybridized carbons (Fsp3) is 0.267. The van der Waals surface area contributed by atoms with E-state index in [4.69, 9.17) is 10.5 Å². The molecule has 0 radical (unpaired) electrons. The summed E-state index contributed by atoms with van der Waals surface area (Å²) in [6.45, 7) is 2.31. The van der Waals surface area contributed by atoms with Gasteiger partial charge < -0.3 is 10.5 Å². The molecule has 0 aliphatic carbocycles. The molecule has 1 heterocycles. The van der Waals surface area contributed by atoms with Gasteiger partial charge in [0.05, 0.1) is 24.4 Å². The lowest BCUT2D eigenvalue weighted by Crippen LogP contribution is -2.14. The molecule has 3 nitrogen and oxygen atoms in total. The molecule has 0 saturated carbocycles. The lowest BCUT2D eigenvalue weighted by Gasteiger charge is -2.15. The van der Waals surface area contributed by atoms with Crippen molar-refractivity contribution >= 4 is 0 Å². The minimum atomic E-state index is -4.39. The smallest absolute Gasteiger partial charge is 0.416 e. The summed E-state index contributed by atoms with van der Waals surface area (Å²) in [6.07, 6.45) is -1.33. The van der Waals surface area contributed by atoms with E-state index in [1.54, 1.807) is 12.1 Å². The number of hydrogen-bond acceptors (Lipinski definition) is 3. The number of benzene rings is 1. The average molecular weight is 296 g/mol. The first-order valence-electron chi connectivity index (χ1n) is 6.42. The SMILES string of the molecule is CCOc1cncc(C(N)c2cccc(C(F)(F)F)c2)c1. The Hall–Kier alpha value is -2.08. The Balaban J connectivity index is 2.31. The lowest BCUT2D eigenvalue weighted by atomic mass is 9.99. The molecule has 1 unspecified atom stereocenters. The summed E-state index contributed by atoms with van der Waals surface area (Å²) in [7, 11) is 0. The van der Waals surface area contributed by atoms with Gasteiger partial charge in [0.2, 0.25) is 0 Å². The molecule has 1 atom stereocenters. The highest BCUT2D eigenvalue weighted by Crippen LogP contribution is 2.31. The van der Waals surface area contributed by atoms with Gasteiger partial charge in [-0.15, -0.1) is 0 Å². The third-order valence-corrected chi connectivity index (χ3v) is 2.98. The highest BCUT2D eigenvalue weighted by Gasteiger charge is 2.30. The van der Waals surface area contributed by atoms with Gasteiger partial charge in [-0.2, -0.15) is 13.2 Å². The van der Waals surface area contributed by atoms with E-state index in [9.17, 15) is 13.2 Å². The molecule has 112 valence electrons. The molecule has 2 rings (SSSR count). The fourth-order valence-corrected chi connectivity index (χ4v) is 1.95. The van der Waals surface area contributed by atoms with Crippen LogP contribution in [0.15, 0.2) is 42.7 Å². The maximum Gasteiger partial charge on any atom is 0.416 e. The first-order chi connectivity index (χ1) is 9.91. The molecule has 0 saturated heterocycles. The zero-order valence-electron chi connectivity index (χ0n) is 11.4. The van der Waals surface area contributed by atoms with E-state index < -0.39 is 17.8 Å². The zero-order valence-corrected chi connectivity index (χ0v) is 11.4. The number of hydrogen-bond donors (Lipinski definition) is 1. The van der Waals surface area contributed by atoms with Crippen molar-refractivity contribution < 1.29 is 17.9 Å². The molecule has 2 N–H and O–H groups in total. The van der Waals surface area contributed by atoms with Crippen molar-refractivity contribution in [3.05, 3.63) is 59.4 Å². The molecule has 0 bridgehead atoms. The third kappa shape index (κ3) is 3.72. The Kier molecular flexibility index (Phi) is 4.47. The van der Waals surface area contributed by atoms with Gasteiger partial charge in [-0.05, 0) is 36.2 Å². The molecule has 21 heavy (non-hydrogen) atoms. The molecule has 0 aliphatic rings. The van der Waals surface area contributed by atoms with Gasteiger partial charge in [0.1, 0.15) is 5.75 Å². The van der Waals surface area contributed by atoms with Crippen LogP contribution in [-0.4, -0.2) is 11.6 Å². The molecule has 0 amide bonds. The predicted molar refractivity (Wildman–Crippen MR) is 72.9 cm³/mol. The third-order valence-electron chi connectivity index (χ3n) is 2.98.